The Kier molecular flexibility index (Phi) is 5.60. The second kappa shape index (κ2) is 7.73. The van der Waals surface area contributed by atoms with E-state index in [-0.39, 0.29) is 11.3 Å². The van der Waals surface area contributed by atoms with E-state index < -0.39 is 5.82 Å². The third-order valence-corrected chi connectivity index (χ3v) is 5.39. The Morgan fingerprint density at radius 1 is 1.35 bits per heavy atom. The highest BCUT2D eigenvalue weighted by Crippen LogP contribution is 2.39. The monoisotopic (exact) mass is 365 g/mol. The molecule has 2 aliphatic heterocycles. The van der Waals surface area contributed by atoms with Crippen molar-refractivity contribution in [3.8, 4) is 0 Å². The number of piperidine rings is 2. The number of likely N-dealkylation sites (tertiary alicyclic amines) is 1. The van der Waals surface area contributed by atoms with E-state index in [2.05, 4.69) is 14.9 Å². The maximum atomic E-state index is 13.9. The standard InChI is InChI=1S/C18H28FN5O2/c1-22(2)16-14(19)11-20-17(21-16)24-8-4-6-18(13-24)7-5-15(25)23(12-18)9-10-26-3/h11H,4-10,12-13H2,1-3H3/t18-/m0/s1. The minimum atomic E-state index is -0.417. The molecule has 0 aliphatic carbocycles. The SMILES string of the molecule is COCCN1C[C@]2(CCCN(c3ncc(F)c(N(C)C)n3)C2)CCC1=O. The summed E-state index contributed by atoms with van der Waals surface area (Å²) in [6.07, 6.45) is 4.80. The van der Waals surface area contributed by atoms with Crippen LogP contribution in [0.15, 0.2) is 6.20 Å². The van der Waals surface area contributed by atoms with Gasteiger partial charge in [0, 0.05) is 59.2 Å². The minimum Gasteiger partial charge on any atom is -0.383 e. The molecule has 0 bridgehead atoms. The van der Waals surface area contributed by atoms with Gasteiger partial charge < -0.3 is 19.4 Å². The lowest BCUT2D eigenvalue weighted by Gasteiger charge is -2.48. The number of hydrogen-bond acceptors (Lipinski definition) is 6. The van der Waals surface area contributed by atoms with Crippen LogP contribution in [0.1, 0.15) is 25.7 Å². The number of amides is 1. The van der Waals surface area contributed by atoms with Gasteiger partial charge in [-0.1, -0.05) is 0 Å². The fourth-order valence-corrected chi connectivity index (χ4v) is 4.03. The highest BCUT2D eigenvalue weighted by Gasteiger charge is 2.42. The van der Waals surface area contributed by atoms with Crippen LogP contribution in [0.4, 0.5) is 16.2 Å². The lowest BCUT2D eigenvalue weighted by atomic mass is 9.73. The molecule has 1 aromatic rings. The van der Waals surface area contributed by atoms with Gasteiger partial charge in [-0.15, -0.1) is 0 Å². The van der Waals surface area contributed by atoms with Crippen molar-refractivity contribution in [2.24, 2.45) is 5.41 Å². The summed E-state index contributed by atoms with van der Waals surface area (Å²) in [5, 5.41) is 0. The van der Waals surface area contributed by atoms with Gasteiger partial charge in [0.05, 0.1) is 12.8 Å². The molecule has 2 fully saturated rings. The first-order valence-corrected chi connectivity index (χ1v) is 9.16. The predicted molar refractivity (Wildman–Crippen MR) is 97.9 cm³/mol. The molecule has 3 heterocycles. The van der Waals surface area contributed by atoms with Gasteiger partial charge in [-0.25, -0.2) is 9.37 Å². The molecule has 0 radical (unpaired) electrons. The first kappa shape index (κ1) is 18.8. The molecular formula is C18H28FN5O2. The largest absolute Gasteiger partial charge is 0.383 e. The number of methoxy groups -OCH3 is 1. The first-order chi connectivity index (χ1) is 12.4. The van der Waals surface area contributed by atoms with Crippen LogP contribution in [0.2, 0.25) is 0 Å². The summed E-state index contributed by atoms with van der Waals surface area (Å²) >= 11 is 0. The first-order valence-electron chi connectivity index (χ1n) is 9.16. The third kappa shape index (κ3) is 3.90. The molecule has 0 saturated carbocycles. The van der Waals surface area contributed by atoms with Gasteiger partial charge in [0.2, 0.25) is 11.9 Å². The van der Waals surface area contributed by atoms with Crippen molar-refractivity contribution < 1.29 is 13.9 Å². The van der Waals surface area contributed by atoms with Crippen molar-refractivity contribution in [2.75, 3.05) is 63.8 Å². The van der Waals surface area contributed by atoms with E-state index in [0.29, 0.717) is 31.3 Å². The summed E-state index contributed by atoms with van der Waals surface area (Å²) in [5.41, 5.74) is 0.0515. The molecule has 1 aromatic heterocycles. The average Bonchev–Trinajstić information content (AvgIpc) is 2.63. The summed E-state index contributed by atoms with van der Waals surface area (Å²) in [6, 6.07) is 0. The number of ether oxygens (including phenoxy) is 1. The van der Waals surface area contributed by atoms with Crippen molar-refractivity contribution in [1.82, 2.24) is 14.9 Å². The van der Waals surface area contributed by atoms with E-state index in [4.69, 9.17) is 4.74 Å². The number of carbonyl (C=O) groups excluding carboxylic acids is 1. The number of rotatable bonds is 5. The predicted octanol–water partition coefficient (Wildman–Crippen LogP) is 1.54. The molecule has 1 amide bonds. The van der Waals surface area contributed by atoms with Gasteiger partial charge in [0.15, 0.2) is 11.6 Å². The summed E-state index contributed by atoms with van der Waals surface area (Å²) in [4.78, 5) is 26.6. The molecule has 2 aliphatic rings. The molecule has 7 nitrogen and oxygen atoms in total. The smallest absolute Gasteiger partial charge is 0.227 e. The van der Waals surface area contributed by atoms with E-state index in [9.17, 15) is 9.18 Å². The summed E-state index contributed by atoms with van der Waals surface area (Å²) in [7, 11) is 5.20. The van der Waals surface area contributed by atoms with E-state index in [1.807, 2.05) is 4.90 Å². The molecule has 0 N–H and O–H groups in total. The van der Waals surface area contributed by atoms with Crippen molar-refractivity contribution in [2.45, 2.75) is 25.7 Å². The third-order valence-electron chi connectivity index (χ3n) is 5.39. The highest BCUT2D eigenvalue weighted by molar-refractivity contribution is 5.77. The lowest BCUT2D eigenvalue weighted by Crippen LogP contribution is -2.55. The number of carbonyl (C=O) groups is 1. The average molecular weight is 365 g/mol. The Hall–Kier alpha value is -1.96. The van der Waals surface area contributed by atoms with E-state index in [1.54, 1.807) is 26.1 Å². The van der Waals surface area contributed by atoms with Gasteiger partial charge in [0.25, 0.3) is 0 Å². The zero-order valence-electron chi connectivity index (χ0n) is 15.9. The Balaban J connectivity index is 1.76. The Morgan fingerprint density at radius 3 is 2.88 bits per heavy atom. The molecular weight excluding hydrogens is 337 g/mol. The van der Waals surface area contributed by atoms with Crippen LogP contribution in [0.25, 0.3) is 0 Å². The molecule has 0 aromatic carbocycles. The zero-order chi connectivity index (χ0) is 18.7. The van der Waals surface area contributed by atoms with Crippen molar-refractivity contribution in [3.63, 3.8) is 0 Å². The van der Waals surface area contributed by atoms with Crippen LogP contribution in [-0.2, 0) is 9.53 Å². The van der Waals surface area contributed by atoms with E-state index in [1.165, 1.54) is 6.20 Å². The normalized spacial score (nSPS) is 23.6. The number of nitrogens with zero attached hydrogens (tertiary/aromatic N) is 5. The van der Waals surface area contributed by atoms with Gasteiger partial charge in [0.1, 0.15) is 0 Å². The zero-order valence-corrected chi connectivity index (χ0v) is 15.9. The number of hydrogen-bond donors (Lipinski definition) is 0. The summed E-state index contributed by atoms with van der Waals surface area (Å²) in [6.45, 7) is 3.58. The summed E-state index contributed by atoms with van der Waals surface area (Å²) < 4.78 is 19.0. The maximum absolute atomic E-state index is 13.9. The van der Waals surface area contributed by atoms with Gasteiger partial charge in [-0.3, -0.25) is 4.79 Å². The Labute approximate surface area is 154 Å². The molecule has 144 valence electrons. The molecule has 8 heteroatoms. The molecule has 26 heavy (non-hydrogen) atoms. The van der Waals surface area contributed by atoms with Crippen LogP contribution in [0, 0.1) is 11.2 Å². The molecule has 3 rings (SSSR count). The van der Waals surface area contributed by atoms with Crippen LogP contribution in [-0.4, -0.2) is 74.8 Å². The van der Waals surface area contributed by atoms with Crippen LogP contribution in [0.5, 0.6) is 0 Å². The van der Waals surface area contributed by atoms with E-state index >= 15 is 0 Å². The van der Waals surface area contributed by atoms with Gasteiger partial charge in [-0.05, 0) is 19.3 Å². The van der Waals surface area contributed by atoms with Gasteiger partial charge >= 0.3 is 0 Å². The molecule has 1 spiro atoms. The number of aromatic nitrogens is 2. The lowest BCUT2D eigenvalue weighted by molar-refractivity contribution is -0.138. The Morgan fingerprint density at radius 2 is 2.15 bits per heavy atom. The number of halogens is 1. The van der Waals surface area contributed by atoms with Crippen LogP contribution in [0.3, 0.4) is 0 Å². The summed E-state index contributed by atoms with van der Waals surface area (Å²) in [5.74, 6) is 0.655. The molecule has 1 atom stereocenters. The van der Waals surface area contributed by atoms with Crippen LogP contribution >= 0.6 is 0 Å². The van der Waals surface area contributed by atoms with Crippen molar-refractivity contribution in [3.05, 3.63) is 12.0 Å². The minimum absolute atomic E-state index is 0.0515. The second-order valence-corrected chi connectivity index (χ2v) is 7.57. The van der Waals surface area contributed by atoms with E-state index in [0.717, 1.165) is 38.9 Å². The second-order valence-electron chi connectivity index (χ2n) is 7.57. The number of anilines is 2. The van der Waals surface area contributed by atoms with Crippen LogP contribution < -0.4 is 9.80 Å². The van der Waals surface area contributed by atoms with Crippen molar-refractivity contribution >= 4 is 17.7 Å². The fourth-order valence-electron chi connectivity index (χ4n) is 4.03. The van der Waals surface area contributed by atoms with Crippen molar-refractivity contribution in [1.29, 1.82) is 0 Å². The molecule has 0 unspecified atom stereocenters. The van der Waals surface area contributed by atoms with Gasteiger partial charge in [-0.2, -0.15) is 4.98 Å². The fraction of sp³-hybridized carbons (Fsp3) is 0.722. The highest BCUT2D eigenvalue weighted by atomic mass is 19.1. The maximum Gasteiger partial charge on any atom is 0.227 e. The quantitative estimate of drug-likeness (QED) is 0.789. The molecule has 2 saturated heterocycles. The topological polar surface area (TPSA) is 61.8 Å². The Bertz CT molecular complexity index is 656.